The predicted octanol–water partition coefficient (Wildman–Crippen LogP) is -2.61. The molecule has 0 aliphatic rings. The van der Waals surface area contributed by atoms with Crippen molar-refractivity contribution in [3.05, 3.63) is 0 Å². The molecule has 4 atom stereocenters. The molecule has 11 N–H and O–H groups in total. The van der Waals surface area contributed by atoms with Crippen LogP contribution >= 0.6 is 36.4 Å². The van der Waals surface area contributed by atoms with Crippen molar-refractivity contribution in [3.63, 3.8) is 0 Å². The Morgan fingerprint density at radius 3 is 1.43 bits per heavy atom. The maximum Gasteiger partial charge on any atom is 0.388 e. The average Bonchev–Trinajstić information content (AvgIpc) is 2.90. The molecule has 0 aromatic rings. The number of esters is 2. The van der Waals surface area contributed by atoms with Crippen LogP contribution in [0.4, 0.5) is 0 Å². The van der Waals surface area contributed by atoms with Crippen molar-refractivity contribution in [1.29, 1.82) is 0 Å². The molecule has 0 saturated heterocycles. The molecule has 42 heavy (non-hydrogen) atoms. The summed E-state index contributed by atoms with van der Waals surface area (Å²) in [5.41, 5.74) is 8.91. The first-order valence-electron chi connectivity index (χ1n) is 11.5. The Morgan fingerprint density at radius 2 is 1.10 bits per heavy atom. The van der Waals surface area contributed by atoms with Crippen molar-refractivity contribution in [3.8, 4) is 0 Å². The molecule has 0 heterocycles. The Kier molecular flexibility index (Phi) is 20.5. The molecule has 24 heteroatoms. The molecule has 0 aromatic heterocycles. The molecule has 0 aliphatic heterocycles. The van der Waals surface area contributed by atoms with Crippen LogP contribution in [-0.2, 0) is 57.1 Å². The largest absolute Gasteiger partial charge is 0.468 e. The standard InChI is InChI=1S/C16H28N4O16P2S2.C2H6/c1-33-13(23)7(17)3-5-9(21)19-11(39-37(27,28)29)15(25)35-36-16(26)12(40-38(30,31)32)20-10(22)6-4-8(18)14(24)34-2;1-2/h7-8,11-12H,3-6,17-18H2,1-2H3,(H,19,21)(H,20,22)(H2,27,28,29)(H2,30,31,32);1-2H3/p+1/t7?,8?,11-,12+;. The smallest absolute Gasteiger partial charge is 0.388 e. The molecule has 0 aromatic carbocycles. The highest BCUT2D eigenvalue weighted by molar-refractivity contribution is 8.55. The van der Waals surface area contributed by atoms with E-state index in [1.165, 1.54) is 0 Å². The third-order valence-corrected chi connectivity index (χ3v) is 8.65. The first-order valence-corrected chi connectivity index (χ1v) is 17.7. The van der Waals surface area contributed by atoms with E-state index < -0.39 is 108 Å². The van der Waals surface area contributed by atoms with Crippen LogP contribution in [0, 0.1) is 0 Å². The fraction of sp³-hybridized carbons (Fsp3) is 0.667. The van der Waals surface area contributed by atoms with E-state index in [0.29, 0.717) is 0 Å². The van der Waals surface area contributed by atoms with Crippen LogP contribution in [-0.4, -0.2) is 92.3 Å². The second kappa shape index (κ2) is 20.6. The van der Waals surface area contributed by atoms with Crippen LogP contribution in [0.1, 0.15) is 39.5 Å². The van der Waals surface area contributed by atoms with Crippen molar-refractivity contribution in [1.82, 2.24) is 10.6 Å². The molecule has 0 saturated carbocycles. The normalized spacial score (nSPS) is 14.0. The predicted molar refractivity (Wildman–Crippen MR) is 144 cm³/mol. The number of carbonyl (C=O) groups excluding carboxylic acids is 6. The molecule has 2 unspecified atom stereocenters. The van der Waals surface area contributed by atoms with Crippen molar-refractivity contribution in [2.45, 2.75) is 62.4 Å². The monoisotopic (exact) mass is 689 g/mol. The number of quaternary nitrogens is 1. The first-order chi connectivity index (χ1) is 19.3. The minimum absolute atomic E-state index is 0.179. The quantitative estimate of drug-likeness (QED) is 0.0270. The highest BCUT2D eigenvalue weighted by Gasteiger charge is 2.36. The summed E-state index contributed by atoms with van der Waals surface area (Å²) in [7, 11) is 2.13. The number of nitrogens with one attached hydrogen (secondary N) is 2. The number of carbonyl (C=O) groups is 6. The molecule has 244 valence electrons. The van der Waals surface area contributed by atoms with E-state index in [1.807, 2.05) is 24.5 Å². The molecule has 0 fully saturated rings. The SMILES string of the molecule is CC.COC(=O)C(N)CCC(=O)N[C@H](SP(=O)(O)O)C(=O)OOC(=O)[C@@H](NC(=O)CCC([NH3+])C(=O)OC)SP(=O)(O)O. The van der Waals surface area contributed by atoms with Gasteiger partial charge in [0.1, 0.15) is 6.04 Å². The van der Waals surface area contributed by atoms with Crippen molar-refractivity contribution in [2.24, 2.45) is 5.73 Å². The Hall–Kier alpha value is -2.26. The van der Waals surface area contributed by atoms with E-state index in [0.717, 1.165) is 14.2 Å². The van der Waals surface area contributed by atoms with Crippen LogP contribution in [0.15, 0.2) is 0 Å². The molecular formula is C18H35N4O16P2S2+. The minimum atomic E-state index is -5.07. The number of hydrogen-bond donors (Lipinski definition) is 8. The van der Waals surface area contributed by atoms with Gasteiger partial charge in [-0.3, -0.25) is 14.4 Å². The fourth-order valence-electron chi connectivity index (χ4n) is 2.28. The van der Waals surface area contributed by atoms with Gasteiger partial charge < -0.3 is 51.1 Å². The lowest BCUT2D eigenvalue weighted by Crippen LogP contribution is -2.65. The molecule has 2 amide bonds. The lowest BCUT2D eigenvalue weighted by Gasteiger charge is -2.19. The average molecular weight is 690 g/mol. The van der Waals surface area contributed by atoms with Crippen LogP contribution in [0.3, 0.4) is 0 Å². The lowest BCUT2D eigenvalue weighted by molar-refractivity contribution is -0.409. The van der Waals surface area contributed by atoms with Gasteiger partial charge in [0.2, 0.25) is 11.8 Å². The molecule has 0 rings (SSSR count). The number of amides is 2. The van der Waals surface area contributed by atoms with Gasteiger partial charge in [-0.1, -0.05) is 13.8 Å². The molecule has 20 nitrogen and oxygen atoms in total. The maximum atomic E-state index is 12.3. The summed E-state index contributed by atoms with van der Waals surface area (Å²) < 4.78 is 31.5. The van der Waals surface area contributed by atoms with E-state index >= 15 is 0 Å². The van der Waals surface area contributed by atoms with E-state index in [-0.39, 0.29) is 12.8 Å². The van der Waals surface area contributed by atoms with Gasteiger partial charge in [-0.2, -0.15) is 0 Å². The molecule has 0 aliphatic carbocycles. The van der Waals surface area contributed by atoms with Crippen LogP contribution in [0.2, 0.25) is 0 Å². The number of nitrogens with two attached hydrogens (primary N) is 1. The summed E-state index contributed by atoms with van der Waals surface area (Å²) >= 11 is -0.830. The Bertz CT molecular complexity index is 959. The summed E-state index contributed by atoms with van der Waals surface area (Å²) in [6, 6.07) is -2.21. The van der Waals surface area contributed by atoms with Crippen molar-refractivity contribution >= 4 is 72.1 Å². The zero-order valence-corrected chi connectivity index (χ0v) is 26.2. The van der Waals surface area contributed by atoms with Gasteiger partial charge in [-0.15, -0.1) is 0 Å². The Morgan fingerprint density at radius 1 is 0.738 bits per heavy atom. The summed E-state index contributed by atoms with van der Waals surface area (Å²) in [6.45, 7) is -6.13. The number of methoxy groups -OCH3 is 2. The van der Waals surface area contributed by atoms with Gasteiger partial charge in [0.05, 0.1) is 14.2 Å². The molecule has 0 bridgehead atoms. The van der Waals surface area contributed by atoms with Gasteiger partial charge in [-0.25, -0.2) is 33.3 Å². The molecule has 0 spiro atoms. The van der Waals surface area contributed by atoms with E-state index in [4.69, 9.17) is 25.3 Å². The minimum Gasteiger partial charge on any atom is -0.468 e. The highest BCUT2D eigenvalue weighted by atomic mass is 32.7. The second-order valence-electron chi connectivity index (χ2n) is 7.32. The third-order valence-electron chi connectivity index (χ3n) is 4.14. The van der Waals surface area contributed by atoms with E-state index in [1.54, 1.807) is 0 Å². The fourth-order valence-corrected chi connectivity index (χ4v) is 5.93. The topological polar surface area (TPSA) is 332 Å². The van der Waals surface area contributed by atoms with Gasteiger partial charge in [0.15, 0.2) is 16.8 Å². The van der Waals surface area contributed by atoms with Gasteiger partial charge in [0, 0.05) is 19.3 Å². The lowest BCUT2D eigenvalue weighted by atomic mass is 10.1. The van der Waals surface area contributed by atoms with Gasteiger partial charge >= 0.3 is 37.5 Å². The summed E-state index contributed by atoms with van der Waals surface area (Å²) in [5, 5.41) is -0.585. The maximum absolute atomic E-state index is 12.3. The first kappa shape index (κ1) is 41.9. The number of rotatable bonds is 16. The Balaban J connectivity index is 0. The van der Waals surface area contributed by atoms with Crippen LogP contribution in [0.5, 0.6) is 0 Å². The summed E-state index contributed by atoms with van der Waals surface area (Å²) in [4.78, 5) is 116. The Labute approximate surface area is 247 Å². The summed E-state index contributed by atoms with van der Waals surface area (Å²) in [5.74, 6) is -7.14. The molecular weight excluding hydrogens is 654 g/mol. The van der Waals surface area contributed by atoms with Crippen molar-refractivity contribution < 1.29 is 82.5 Å². The van der Waals surface area contributed by atoms with E-state index in [2.05, 4.69) is 25.0 Å². The zero-order chi connectivity index (χ0) is 33.3. The number of ether oxygens (including phenoxy) is 2. The second-order valence-corrected chi connectivity index (χ2v) is 14.8. The van der Waals surface area contributed by atoms with Gasteiger partial charge in [-0.05, 0) is 29.2 Å². The highest BCUT2D eigenvalue weighted by Crippen LogP contribution is 2.53. The molecule has 0 radical (unpaired) electrons. The van der Waals surface area contributed by atoms with Crippen molar-refractivity contribution in [2.75, 3.05) is 14.2 Å². The third kappa shape index (κ3) is 19.8. The number of hydrogen-bond acceptors (Lipinski definition) is 15. The summed E-state index contributed by atoms with van der Waals surface area (Å²) in [6.07, 6.45) is -1.44. The van der Waals surface area contributed by atoms with Crippen LogP contribution in [0.25, 0.3) is 0 Å². The van der Waals surface area contributed by atoms with E-state index in [9.17, 15) is 37.9 Å². The van der Waals surface area contributed by atoms with Crippen LogP contribution < -0.4 is 22.1 Å². The van der Waals surface area contributed by atoms with Gasteiger partial charge in [0.25, 0.3) is 0 Å². The zero-order valence-electron chi connectivity index (χ0n) is 22.8.